The number of aryl methyl sites for hydroxylation is 2. The Kier molecular flexibility index (Phi) is 3.95. The number of aromatic nitrogens is 2. The van der Waals surface area contributed by atoms with Gasteiger partial charge in [0.25, 0.3) is 0 Å². The molecule has 0 amide bonds. The molecule has 0 saturated carbocycles. The van der Waals surface area contributed by atoms with Crippen molar-refractivity contribution in [3.63, 3.8) is 0 Å². The van der Waals surface area contributed by atoms with Gasteiger partial charge in [-0.2, -0.15) is 0 Å². The van der Waals surface area contributed by atoms with Gasteiger partial charge in [-0.15, -0.1) is 0 Å². The summed E-state index contributed by atoms with van der Waals surface area (Å²) in [5, 5.41) is 5.41. The minimum Gasteiger partial charge on any atom is -0.309 e. The van der Waals surface area contributed by atoms with Crippen molar-refractivity contribution in [1.29, 1.82) is 0 Å². The highest BCUT2D eigenvalue weighted by molar-refractivity contribution is 9.10. The van der Waals surface area contributed by atoms with Gasteiger partial charge in [0, 0.05) is 37.4 Å². The van der Waals surface area contributed by atoms with Crippen LogP contribution in [0.4, 0.5) is 0 Å². The number of halogens is 1. The van der Waals surface area contributed by atoms with Gasteiger partial charge < -0.3 is 9.13 Å². The van der Waals surface area contributed by atoms with Gasteiger partial charge in [-0.05, 0) is 72.5 Å². The maximum Gasteiger partial charge on any atom is 0.0564 e. The van der Waals surface area contributed by atoms with Crippen LogP contribution in [0, 0.1) is 0 Å². The van der Waals surface area contributed by atoms with E-state index in [1.54, 1.807) is 0 Å². The zero-order valence-corrected chi connectivity index (χ0v) is 20.6. The average molecular weight is 513 g/mol. The van der Waals surface area contributed by atoms with Gasteiger partial charge in [0.1, 0.15) is 0 Å². The van der Waals surface area contributed by atoms with Gasteiger partial charge in [-0.3, -0.25) is 0 Å². The number of benzene rings is 5. The number of rotatable bonds is 2. The lowest BCUT2D eigenvalue weighted by atomic mass is 9.90. The van der Waals surface area contributed by atoms with Gasteiger partial charge >= 0.3 is 0 Å². The molecule has 0 radical (unpaired) electrons. The Hall–Kier alpha value is -3.82. The molecule has 1 aliphatic carbocycles. The molecule has 8 rings (SSSR count). The van der Waals surface area contributed by atoms with E-state index in [-0.39, 0.29) is 0 Å². The molecule has 0 spiro atoms. The molecule has 2 aromatic heterocycles. The fourth-order valence-electron chi connectivity index (χ4n) is 6.23. The molecule has 0 bridgehead atoms. The van der Waals surface area contributed by atoms with E-state index in [1.165, 1.54) is 66.1 Å². The Morgan fingerprint density at radius 3 is 1.71 bits per heavy atom. The van der Waals surface area contributed by atoms with Crippen molar-refractivity contribution in [2.24, 2.45) is 0 Å². The van der Waals surface area contributed by atoms with Gasteiger partial charge in [0.05, 0.1) is 22.1 Å². The summed E-state index contributed by atoms with van der Waals surface area (Å²) < 4.78 is 6.04. The quantitative estimate of drug-likeness (QED) is 0.219. The summed E-state index contributed by atoms with van der Waals surface area (Å²) in [6, 6.07) is 37.7. The van der Waals surface area contributed by atoms with Crippen molar-refractivity contribution in [2.75, 3.05) is 0 Å². The fourth-order valence-corrected chi connectivity index (χ4v) is 6.72. The van der Waals surface area contributed by atoms with Crippen LogP contribution in [0.15, 0.2) is 108 Å². The highest BCUT2D eigenvalue weighted by Gasteiger charge is 2.24. The van der Waals surface area contributed by atoms with Crippen molar-refractivity contribution in [1.82, 2.24) is 9.13 Å². The third-order valence-electron chi connectivity index (χ3n) is 7.60. The second kappa shape index (κ2) is 7.10. The Labute approximate surface area is 211 Å². The molecular weight excluding hydrogens is 492 g/mol. The lowest BCUT2D eigenvalue weighted by molar-refractivity contribution is 0.965. The standard InChI is InChI=1S/C32H21BrN2/c33-22-16-20-14-15-21-17-24(35-27-12-6-4-10-25(27)26-11-5-7-13-28(26)35)19-30-32(21)31(20)29(18-22)34(30)23-8-2-1-3-9-23/h1-13,16-19H,14-15H2. The minimum atomic E-state index is 1.05. The predicted octanol–water partition coefficient (Wildman–Crippen LogP) is 8.74. The number of hydrogen-bond donors (Lipinski definition) is 0. The summed E-state index contributed by atoms with van der Waals surface area (Å²) in [5.41, 5.74) is 10.4. The van der Waals surface area contributed by atoms with Crippen LogP contribution in [0.2, 0.25) is 0 Å². The molecular formula is C32H21BrN2. The molecule has 2 heterocycles. The third kappa shape index (κ3) is 2.65. The van der Waals surface area contributed by atoms with Crippen LogP contribution in [0.1, 0.15) is 11.1 Å². The molecule has 0 fully saturated rings. The van der Waals surface area contributed by atoms with E-state index in [4.69, 9.17) is 0 Å². The first-order valence-corrected chi connectivity index (χ1v) is 12.9. The Morgan fingerprint density at radius 1 is 0.486 bits per heavy atom. The van der Waals surface area contributed by atoms with Crippen molar-refractivity contribution >= 4 is 59.5 Å². The smallest absolute Gasteiger partial charge is 0.0564 e. The highest BCUT2D eigenvalue weighted by Crippen LogP contribution is 2.43. The molecule has 0 aliphatic heterocycles. The van der Waals surface area contributed by atoms with Crippen molar-refractivity contribution in [3.05, 3.63) is 119 Å². The first-order valence-electron chi connectivity index (χ1n) is 12.1. The average Bonchev–Trinajstić information content (AvgIpc) is 3.40. The summed E-state index contributed by atoms with van der Waals surface area (Å²) in [6.07, 6.45) is 2.12. The van der Waals surface area contributed by atoms with Crippen molar-refractivity contribution < 1.29 is 0 Å². The van der Waals surface area contributed by atoms with Crippen LogP contribution < -0.4 is 0 Å². The number of hydrogen-bond acceptors (Lipinski definition) is 0. The normalized spacial score (nSPS) is 13.1. The second-order valence-corrected chi connectivity index (χ2v) is 10.4. The molecule has 2 nitrogen and oxygen atoms in total. The highest BCUT2D eigenvalue weighted by atomic mass is 79.9. The maximum absolute atomic E-state index is 3.79. The number of para-hydroxylation sites is 3. The summed E-state index contributed by atoms with van der Waals surface area (Å²) in [5.74, 6) is 0. The van der Waals surface area contributed by atoms with Crippen LogP contribution in [0.3, 0.4) is 0 Å². The van der Waals surface area contributed by atoms with E-state index < -0.39 is 0 Å². The number of fused-ring (bicyclic) bond motifs is 3. The SMILES string of the molecule is Brc1cc2c3c4c(cc(-n5c6ccccc6c6ccccc65)cc4n(-c4ccccc4)c3c1)CC2. The largest absolute Gasteiger partial charge is 0.309 e. The van der Waals surface area contributed by atoms with E-state index in [1.807, 2.05) is 0 Å². The first kappa shape index (κ1) is 19.5. The molecule has 0 N–H and O–H groups in total. The lowest BCUT2D eigenvalue weighted by Gasteiger charge is -2.16. The molecule has 7 aromatic rings. The Morgan fingerprint density at radius 2 is 1.03 bits per heavy atom. The zero-order chi connectivity index (χ0) is 23.1. The number of nitrogens with zero attached hydrogens (tertiary/aromatic N) is 2. The molecule has 35 heavy (non-hydrogen) atoms. The summed E-state index contributed by atoms with van der Waals surface area (Å²) >= 11 is 3.79. The van der Waals surface area contributed by atoms with Crippen LogP contribution in [0.25, 0.3) is 55.0 Å². The summed E-state index contributed by atoms with van der Waals surface area (Å²) in [6.45, 7) is 0. The van der Waals surface area contributed by atoms with E-state index in [0.29, 0.717) is 0 Å². The van der Waals surface area contributed by atoms with Crippen LogP contribution in [-0.2, 0) is 12.8 Å². The Balaban J connectivity index is 1.56. The van der Waals surface area contributed by atoms with Crippen molar-refractivity contribution in [2.45, 2.75) is 12.8 Å². The van der Waals surface area contributed by atoms with Crippen LogP contribution in [-0.4, -0.2) is 9.13 Å². The van der Waals surface area contributed by atoms with E-state index in [2.05, 4.69) is 128 Å². The topological polar surface area (TPSA) is 9.86 Å². The van der Waals surface area contributed by atoms with Gasteiger partial charge in [0.2, 0.25) is 0 Å². The Bertz CT molecular complexity index is 1900. The minimum absolute atomic E-state index is 1.05. The van der Waals surface area contributed by atoms with Crippen LogP contribution in [0.5, 0.6) is 0 Å². The molecule has 166 valence electrons. The molecule has 0 saturated heterocycles. The molecule has 0 atom stereocenters. The molecule has 3 heteroatoms. The third-order valence-corrected chi connectivity index (χ3v) is 8.05. The first-order chi connectivity index (χ1) is 17.3. The van der Waals surface area contributed by atoms with Crippen molar-refractivity contribution in [3.8, 4) is 11.4 Å². The molecule has 0 unspecified atom stereocenters. The fraction of sp³-hybridized carbons (Fsp3) is 0.0625. The summed E-state index contributed by atoms with van der Waals surface area (Å²) in [4.78, 5) is 0. The van der Waals surface area contributed by atoms with Gasteiger partial charge in [0.15, 0.2) is 0 Å². The zero-order valence-electron chi connectivity index (χ0n) is 19.0. The lowest BCUT2D eigenvalue weighted by Crippen LogP contribution is -2.02. The van der Waals surface area contributed by atoms with Gasteiger partial charge in [-0.25, -0.2) is 0 Å². The van der Waals surface area contributed by atoms with Crippen LogP contribution >= 0.6 is 15.9 Å². The molecule has 5 aromatic carbocycles. The second-order valence-electron chi connectivity index (χ2n) is 9.50. The molecule has 1 aliphatic rings. The predicted molar refractivity (Wildman–Crippen MR) is 150 cm³/mol. The van der Waals surface area contributed by atoms with Gasteiger partial charge in [-0.1, -0.05) is 70.5 Å². The van der Waals surface area contributed by atoms with E-state index in [0.717, 1.165) is 17.3 Å². The summed E-state index contributed by atoms with van der Waals surface area (Å²) in [7, 11) is 0. The van der Waals surface area contributed by atoms with E-state index >= 15 is 0 Å². The van der Waals surface area contributed by atoms with E-state index in [9.17, 15) is 0 Å². The maximum atomic E-state index is 3.79. The monoisotopic (exact) mass is 512 g/mol.